The SMILES string of the molecule is NCCC1CCOC1CCN. The Morgan fingerprint density at radius 1 is 1.18 bits per heavy atom. The summed E-state index contributed by atoms with van der Waals surface area (Å²) >= 11 is 0. The highest BCUT2D eigenvalue weighted by molar-refractivity contribution is 4.76. The van der Waals surface area contributed by atoms with E-state index >= 15 is 0 Å². The lowest BCUT2D eigenvalue weighted by Gasteiger charge is -2.16. The van der Waals surface area contributed by atoms with E-state index in [0.29, 0.717) is 12.0 Å². The number of hydrogen-bond donors (Lipinski definition) is 2. The number of ether oxygens (including phenoxy) is 1. The van der Waals surface area contributed by atoms with Crippen LogP contribution < -0.4 is 11.5 Å². The van der Waals surface area contributed by atoms with Crippen LogP contribution in [-0.2, 0) is 4.74 Å². The van der Waals surface area contributed by atoms with Gasteiger partial charge in [-0.1, -0.05) is 0 Å². The van der Waals surface area contributed by atoms with Gasteiger partial charge in [0.05, 0.1) is 6.10 Å². The van der Waals surface area contributed by atoms with E-state index in [2.05, 4.69) is 0 Å². The van der Waals surface area contributed by atoms with Crippen molar-refractivity contribution in [1.29, 1.82) is 0 Å². The second kappa shape index (κ2) is 4.70. The second-order valence-electron chi connectivity index (χ2n) is 3.11. The summed E-state index contributed by atoms with van der Waals surface area (Å²) in [6.07, 6.45) is 3.64. The monoisotopic (exact) mass is 158 g/mol. The Balaban J connectivity index is 2.25. The molecule has 3 nitrogen and oxygen atoms in total. The second-order valence-corrected chi connectivity index (χ2v) is 3.11. The third-order valence-electron chi connectivity index (χ3n) is 2.33. The molecule has 66 valence electrons. The van der Waals surface area contributed by atoms with E-state index in [1.165, 1.54) is 6.42 Å². The maximum atomic E-state index is 5.52. The van der Waals surface area contributed by atoms with Gasteiger partial charge in [0.1, 0.15) is 0 Å². The van der Waals surface area contributed by atoms with Gasteiger partial charge in [0.25, 0.3) is 0 Å². The van der Waals surface area contributed by atoms with Crippen molar-refractivity contribution in [3.05, 3.63) is 0 Å². The van der Waals surface area contributed by atoms with Crippen LogP contribution >= 0.6 is 0 Å². The van der Waals surface area contributed by atoms with E-state index in [9.17, 15) is 0 Å². The van der Waals surface area contributed by atoms with E-state index in [1.807, 2.05) is 0 Å². The zero-order chi connectivity index (χ0) is 8.10. The molecule has 2 atom stereocenters. The quantitative estimate of drug-likeness (QED) is 0.609. The molecule has 0 aromatic rings. The molecule has 0 saturated carbocycles. The minimum Gasteiger partial charge on any atom is -0.378 e. The largest absolute Gasteiger partial charge is 0.378 e. The molecule has 0 radical (unpaired) electrons. The molecule has 11 heavy (non-hydrogen) atoms. The maximum Gasteiger partial charge on any atom is 0.0616 e. The average molecular weight is 158 g/mol. The van der Waals surface area contributed by atoms with E-state index in [-0.39, 0.29) is 0 Å². The molecule has 0 bridgehead atoms. The first-order valence-electron chi connectivity index (χ1n) is 4.40. The molecular weight excluding hydrogens is 140 g/mol. The van der Waals surface area contributed by atoms with Gasteiger partial charge in [0.15, 0.2) is 0 Å². The summed E-state index contributed by atoms with van der Waals surface area (Å²) < 4.78 is 5.52. The van der Waals surface area contributed by atoms with Crippen molar-refractivity contribution < 1.29 is 4.74 Å². The van der Waals surface area contributed by atoms with E-state index < -0.39 is 0 Å². The van der Waals surface area contributed by atoms with Crippen LogP contribution in [0.5, 0.6) is 0 Å². The van der Waals surface area contributed by atoms with Crippen LogP contribution in [0.3, 0.4) is 0 Å². The van der Waals surface area contributed by atoms with Crippen molar-refractivity contribution >= 4 is 0 Å². The van der Waals surface area contributed by atoms with Crippen LogP contribution in [0.25, 0.3) is 0 Å². The molecule has 2 unspecified atom stereocenters. The summed E-state index contributed by atoms with van der Waals surface area (Å²) in [7, 11) is 0. The molecular formula is C8H18N2O. The van der Waals surface area contributed by atoms with Gasteiger partial charge in [-0.25, -0.2) is 0 Å². The minimum absolute atomic E-state index is 0.392. The Bertz CT molecular complexity index is 96.3. The fraction of sp³-hybridized carbons (Fsp3) is 1.00. The molecule has 1 heterocycles. The van der Waals surface area contributed by atoms with Crippen LogP contribution in [0, 0.1) is 5.92 Å². The van der Waals surface area contributed by atoms with Crippen molar-refractivity contribution in [3.63, 3.8) is 0 Å². The summed E-state index contributed by atoms with van der Waals surface area (Å²) in [6.45, 7) is 2.40. The smallest absolute Gasteiger partial charge is 0.0616 e. The van der Waals surface area contributed by atoms with Crippen LogP contribution in [0.1, 0.15) is 19.3 Å². The first-order chi connectivity index (χ1) is 5.38. The molecule has 4 N–H and O–H groups in total. The van der Waals surface area contributed by atoms with Crippen LogP contribution in [-0.4, -0.2) is 25.8 Å². The van der Waals surface area contributed by atoms with Gasteiger partial charge in [-0.05, 0) is 38.3 Å². The van der Waals surface area contributed by atoms with E-state index in [0.717, 1.165) is 32.5 Å². The molecule has 1 fully saturated rings. The van der Waals surface area contributed by atoms with Crippen molar-refractivity contribution in [2.45, 2.75) is 25.4 Å². The normalized spacial score (nSPS) is 31.1. The molecule has 1 saturated heterocycles. The van der Waals surface area contributed by atoms with Crippen LogP contribution in [0.2, 0.25) is 0 Å². The van der Waals surface area contributed by atoms with Gasteiger partial charge in [0.2, 0.25) is 0 Å². The zero-order valence-electron chi connectivity index (χ0n) is 6.96. The first kappa shape index (κ1) is 8.97. The van der Waals surface area contributed by atoms with Crippen molar-refractivity contribution in [3.8, 4) is 0 Å². The number of rotatable bonds is 4. The molecule has 1 aliphatic rings. The predicted octanol–water partition coefficient (Wildman–Crippen LogP) is 0.0891. The lowest BCUT2D eigenvalue weighted by Crippen LogP contribution is -2.22. The lowest BCUT2D eigenvalue weighted by molar-refractivity contribution is 0.0840. The molecule has 0 amide bonds. The summed E-state index contributed by atoms with van der Waals surface area (Å²) in [5, 5.41) is 0. The molecule has 0 spiro atoms. The highest BCUT2D eigenvalue weighted by Gasteiger charge is 2.26. The molecule has 0 aliphatic carbocycles. The highest BCUT2D eigenvalue weighted by atomic mass is 16.5. The highest BCUT2D eigenvalue weighted by Crippen LogP contribution is 2.25. The van der Waals surface area contributed by atoms with Gasteiger partial charge in [-0.15, -0.1) is 0 Å². The van der Waals surface area contributed by atoms with Gasteiger partial charge in [-0.2, -0.15) is 0 Å². The van der Waals surface area contributed by atoms with E-state index in [4.69, 9.17) is 16.2 Å². The molecule has 3 heteroatoms. The van der Waals surface area contributed by atoms with Gasteiger partial charge in [-0.3, -0.25) is 0 Å². The summed E-state index contributed by atoms with van der Waals surface area (Å²) in [4.78, 5) is 0. The lowest BCUT2D eigenvalue weighted by atomic mass is 9.96. The maximum absolute atomic E-state index is 5.52. The van der Waals surface area contributed by atoms with Gasteiger partial charge < -0.3 is 16.2 Å². The molecule has 1 aliphatic heterocycles. The predicted molar refractivity (Wildman–Crippen MR) is 45.2 cm³/mol. The summed E-state index contributed by atoms with van der Waals surface area (Å²) in [6, 6.07) is 0. The Labute approximate surface area is 68.1 Å². The third kappa shape index (κ3) is 2.43. The van der Waals surface area contributed by atoms with Crippen molar-refractivity contribution in [2.24, 2.45) is 17.4 Å². The van der Waals surface area contributed by atoms with Crippen molar-refractivity contribution in [1.82, 2.24) is 0 Å². The van der Waals surface area contributed by atoms with Crippen LogP contribution in [0.4, 0.5) is 0 Å². The average Bonchev–Trinajstić information content (AvgIpc) is 2.39. The Morgan fingerprint density at radius 2 is 1.91 bits per heavy atom. The zero-order valence-corrected chi connectivity index (χ0v) is 6.96. The number of hydrogen-bond acceptors (Lipinski definition) is 3. The Kier molecular flexibility index (Phi) is 3.83. The van der Waals surface area contributed by atoms with Crippen LogP contribution in [0.15, 0.2) is 0 Å². The van der Waals surface area contributed by atoms with Gasteiger partial charge >= 0.3 is 0 Å². The van der Waals surface area contributed by atoms with Gasteiger partial charge in [0, 0.05) is 6.61 Å². The molecule has 0 aromatic carbocycles. The minimum atomic E-state index is 0.392. The van der Waals surface area contributed by atoms with Crippen molar-refractivity contribution in [2.75, 3.05) is 19.7 Å². The summed E-state index contributed by atoms with van der Waals surface area (Å²) in [5.41, 5.74) is 10.9. The Hall–Kier alpha value is -0.120. The van der Waals surface area contributed by atoms with E-state index in [1.54, 1.807) is 0 Å². The standard InChI is InChI=1S/C8H18N2O/c9-4-1-7-3-6-11-8(7)2-5-10/h7-8H,1-6,9-10H2. The molecule has 0 aromatic heterocycles. The fourth-order valence-corrected chi connectivity index (χ4v) is 1.72. The summed E-state index contributed by atoms with van der Waals surface area (Å²) in [5.74, 6) is 0.670. The topological polar surface area (TPSA) is 61.3 Å². The third-order valence-corrected chi connectivity index (χ3v) is 2.33. The fourth-order valence-electron chi connectivity index (χ4n) is 1.72. The Morgan fingerprint density at radius 3 is 2.55 bits per heavy atom. The first-order valence-corrected chi connectivity index (χ1v) is 4.40. The number of nitrogens with two attached hydrogens (primary N) is 2. The molecule has 1 rings (SSSR count).